The van der Waals surface area contributed by atoms with Crippen molar-refractivity contribution in [3.63, 3.8) is 0 Å². The molecule has 0 saturated carbocycles. The minimum Gasteiger partial charge on any atom is -0.309 e. The fourth-order valence-electron chi connectivity index (χ4n) is 9.07. The summed E-state index contributed by atoms with van der Waals surface area (Å²) in [5.74, 6) is 0.704. The maximum Gasteiger partial charge on any atom is 0.160 e. The Morgan fingerprint density at radius 1 is 0.270 bits per heavy atom. The van der Waals surface area contributed by atoms with E-state index in [-0.39, 0.29) is 0 Å². The summed E-state index contributed by atoms with van der Waals surface area (Å²) in [5.41, 5.74) is 16.0. The Morgan fingerprint density at radius 3 is 1.38 bits per heavy atom. The van der Waals surface area contributed by atoms with Gasteiger partial charge in [0.05, 0.1) is 33.6 Å². The van der Waals surface area contributed by atoms with Gasteiger partial charge in [-0.05, 0) is 70.1 Å². The average Bonchev–Trinajstić information content (AvgIpc) is 3.69. The Bertz CT molecular complexity index is 3560. The van der Waals surface area contributed by atoms with Gasteiger partial charge < -0.3 is 4.57 Å². The number of para-hydroxylation sites is 2. The lowest BCUT2D eigenvalue weighted by molar-refractivity contribution is 1.18. The highest BCUT2D eigenvalue weighted by Gasteiger charge is 2.19. The van der Waals surface area contributed by atoms with Crippen LogP contribution in [0.2, 0.25) is 0 Å². The zero-order valence-electron chi connectivity index (χ0n) is 34.2. The minimum absolute atomic E-state index is 0.704. The van der Waals surface area contributed by atoms with E-state index in [0.717, 1.165) is 94.6 Å². The van der Waals surface area contributed by atoms with Crippen molar-refractivity contribution in [2.75, 3.05) is 0 Å². The first-order valence-electron chi connectivity index (χ1n) is 21.3. The molecule has 3 heterocycles. The van der Waals surface area contributed by atoms with Crippen molar-refractivity contribution in [3.8, 4) is 73.1 Å². The summed E-state index contributed by atoms with van der Waals surface area (Å²) < 4.78 is 2.41. The van der Waals surface area contributed by atoms with E-state index in [9.17, 15) is 0 Å². The second kappa shape index (κ2) is 15.2. The molecule has 0 amide bonds. The normalized spacial score (nSPS) is 11.5. The second-order valence-corrected chi connectivity index (χ2v) is 16.0. The SMILES string of the molecule is c1ccc(-c2cc(-c3ccccc3)nc(-c3ccc(-c4ccc(-c5ccc6c7cc8c(cc7n(-c7ccccc7)c6c5)c(-c5ccccc5)nc5ccccc58)cc4)cc3)n2)cc1. The first-order chi connectivity index (χ1) is 31.2. The van der Waals surface area contributed by atoms with E-state index in [2.05, 4.69) is 199 Å². The molecule has 63 heavy (non-hydrogen) atoms. The van der Waals surface area contributed by atoms with E-state index in [0.29, 0.717) is 5.82 Å². The van der Waals surface area contributed by atoms with Crippen LogP contribution in [0, 0.1) is 0 Å². The number of nitrogens with zero attached hydrogens (tertiary/aromatic N) is 4. The Hall–Kier alpha value is -8.47. The lowest BCUT2D eigenvalue weighted by atomic mass is 9.97. The van der Waals surface area contributed by atoms with Gasteiger partial charge in [-0.2, -0.15) is 0 Å². The molecule has 3 aromatic heterocycles. The van der Waals surface area contributed by atoms with Crippen LogP contribution in [0.25, 0.3) is 117 Å². The molecule has 9 aromatic carbocycles. The second-order valence-electron chi connectivity index (χ2n) is 16.0. The van der Waals surface area contributed by atoms with Gasteiger partial charge in [-0.15, -0.1) is 0 Å². The Morgan fingerprint density at radius 2 is 0.762 bits per heavy atom. The van der Waals surface area contributed by atoms with Gasteiger partial charge in [-0.3, -0.25) is 0 Å². The van der Waals surface area contributed by atoms with Gasteiger partial charge in [0.1, 0.15) is 0 Å². The van der Waals surface area contributed by atoms with E-state index in [1.807, 2.05) is 36.4 Å². The van der Waals surface area contributed by atoms with E-state index in [4.69, 9.17) is 15.0 Å². The molecule has 294 valence electrons. The molecule has 0 aliphatic rings. The molecule has 0 unspecified atom stereocenters. The van der Waals surface area contributed by atoms with Crippen molar-refractivity contribution >= 4 is 43.5 Å². The van der Waals surface area contributed by atoms with Crippen molar-refractivity contribution in [1.29, 1.82) is 0 Å². The van der Waals surface area contributed by atoms with Crippen LogP contribution in [0.1, 0.15) is 0 Å². The van der Waals surface area contributed by atoms with Crippen LogP contribution in [0.3, 0.4) is 0 Å². The van der Waals surface area contributed by atoms with Crippen LogP contribution < -0.4 is 0 Å². The number of benzene rings is 9. The zero-order chi connectivity index (χ0) is 41.7. The number of hydrogen-bond acceptors (Lipinski definition) is 3. The highest BCUT2D eigenvalue weighted by Crippen LogP contribution is 2.41. The molecule has 0 saturated heterocycles. The summed E-state index contributed by atoms with van der Waals surface area (Å²) in [7, 11) is 0. The quantitative estimate of drug-likeness (QED) is 0.151. The molecular weight excluding hydrogens is 765 g/mol. The highest BCUT2D eigenvalue weighted by molar-refractivity contribution is 6.20. The van der Waals surface area contributed by atoms with Crippen LogP contribution in [0.5, 0.6) is 0 Å². The summed E-state index contributed by atoms with van der Waals surface area (Å²) in [6, 6.07) is 81.6. The summed E-state index contributed by atoms with van der Waals surface area (Å²) in [5, 5.41) is 5.94. The highest BCUT2D eigenvalue weighted by atomic mass is 15.0. The van der Waals surface area contributed by atoms with Gasteiger partial charge >= 0.3 is 0 Å². The van der Waals surface area contributed by atoms with Gasteiger partial charge in [0.25, 0.3) is 0 Å². The molecule has 0 N–H and O–H groups in total. The molecule has 0 aliphatic heterocycles. The fourth-order valence-corrected chi connectivity index (χ4v) is 9.07. The largest absolute Gasteiger partial charge is 0.309 e. The van der Waals surface area contributed by atoms with Crippen molar-refractivity contribution in [2.45, 2.75) is 0 Å². The summed E-state index contributed by atoms with van der Waals surface area (Å²) in [6.07, 6.45) is 0. The van der Waals surface area contributed by atoms with Crippen molar-refractivity contribution in [2.24, 2.45) is 0 Å². The van der Waals surface area contributed by atoms with Crippen LogP contribution in [-0.2, 0) is 0 Å². The van der Waals surface area contributed by atoms with Crippen LogP contribution in [0.15, 0.2) is 231 Å². The fraction of sp³-hybridized carbons (Fsp3) is 0. The van der Waals surface area contributed by atoms with E-state index >= 15 is 0 Å². The molecule has 4 nitrogen and oxygen atoms in total. The first-order valence-corrected chi connectivity index (χ1v) is 21.3. The summed E-state index contributed by atoms with van der Waals surface area (Å²) in [6.45, 7) is 0. The van der Waals surface area contributed by atoms with Gasteiger partial charge in [0.15, 0.2) is 5.82 Å². The maximum absolute atomic E-state index is 5.25. The number of rotatable bonds is 7. The van der Waals surface area contributed by atoms with Crippen LogP contribution in [0.4, 0.5) is 0 Å². The first kappa shape index (κ1) is 36.4. The Kier molecular flexibility index (Phi) is 8.79. The van der Waals surface area contributed by atoms with Gasteiger partial charge in [-0.1, -0.05) is 188 Å². The maximum atomic E-state index is 5.25. The number of aromatic nitrogens is 4. The topological polar surface area (TPSA) is 43.6 Å². The average molecular weight is 803 g/mol. The summed E-state index contributed by atoms with van der Waals surface area (Å²) in [4.78, 5) is 15.3. The third-order valence-electron chi connectivity index (χ3n) is 12.2. The van der Waals surface area contributed by atoms with Crippen molar-refractivity contribution in [3.05, 3.63) is 231 Å². The predicted molar refractivity (Wildman–Crippen MR) is 262 cm³/mol. The monoisotopic (exact) mass is 802 g/mol. The van der Waals surface area contributed by atoms with Gasteiger partial charge in [0.2, 0.25) is 0 Å². The van der Waals surface area contributed by atoms with Crippen molar-refractivity contribution in [1.82, 2.24) is 19.5 Å². The van der Waals surface area contributed by atoms with Crippen LogP contribution >= 0.6 is 0 Å². The van der Waals surface area contributed by atoms with Crippen LogP contribution in [-0.4, -0.2) is 19.5 Å². The molecule has 0 bridgehead atoms. The third-order valence-corrected chi connectivity index (χ3v) is 12.2. The van der Waals surface area contributed by atoms with E-state index < -0.39 is 0 Å². The molecule has 0 aliphatic carbocycles. The van der Waals surface area contributed by atoms with Gasteiger partial charge in [-0.25, -0.2) is 15.0 Å². The number of pyridine rings is 1. The lowest BCUT2D eigenvalue weighted by Gasteiger charge is -2.12. The zero-order valence-corrected chi connectivity index (χ0v) is 34.2. The summed E-state index contributed by atoms with van der Waals surface area (Å²) >= 11 is 0. The molecule has 4 heteroatoms. The molecular formula is C59H38N4. The Balaban J connectivity index is 0.930. The Labute approximate surface area is 365 Å². The standard InChI is InChI=1S/C59H38N4/c1-5-15-42(16-6-1)54-38-55(43-17-7-2-8-18-43)62-59(61-54)45-31-29-40(30-32-45)39-25-27-41(28-26-39)46-33-34-49-51-36-50-48-23-13-14-24-53(48)60-58(44-19-9-3-10-20-44)52(50)37-57(51)63(56(49)35-46)47-21-11-4-12-22-47/h1-38H. The lowest BCUT2D eigenvalue weighted by Crippen LogP contribution is -1.95. The number of hydrogen-bond donors (Lipinski definition) is 0. The smallest absolute Gasteiger partial charge is 0.160 e. The molecule has 0 radical (unpaired) electrons. The molecule has 12 aromatic rings. The molecule has 0 fully saturated rings. The van der Waals surface area contributed by atoms with Crippen molar-refractivity contribution < 1.29 is 0 Å². The number of fused-ring (bicyclic) bond motifs is 6. The molecule has 0 spiro atoms. The predicted octanol–water partition coefficient (Wildman–Crippen LogP) is 15.3. The third kappa shape index (κ3) is 6.53. The minimum atomic E-state index is 0.704. The van der Waals surface area contributed by atoms with E-state index in [1.54, 1.807) is 0 Å². The van der Waals surface area contributed by atoms with E-state index in [1.165, 1.54) is 16.2 Å². The van der Waals surface area contributed by atoms with Gasteiger partial charge in [0, 0.05) is 49.5 Å². The molecule has 0 atom stereocenters. The molecule has 12 rings (SSSR count).